The number of rotatable bonds is 4. The molecule has 1 aromatic carbocycles. The number of nitrogens with zero attached hydrogens (tertiary/aromatic N) is 2. The second kappa shape index (κ2) is 5.79. The number of sulfonamides is 1. The van der Waals surface area contributed by atoms with Gasteiger partial charge in [-0.05, 0) is 44.0 Å². The largest absolute Gasteiger partial charge is 0.348 e. The zero-order valence-electron chi connectivity index (χ0n) is 12.2. The molecule has 0 spiro atoms. The predicted octanol–water partition coefficient (Wildman–Crippen LogP) is 1.91. The third-order valence-electron chi connectivity index (χ3n) is 3.26. The van der Waals surface area contributed by atoms with E-state index in [1.54, 1.807) is 18.3 Å². The quantitative estimate of drug-likeness (QED) is 0.899. The van der Waals surface area contributed by atoms with Gasteiger partial charge in [0, 0.05) is 11.9 Å². The molecule has 0 aliphatic rings. The minimum absolute atomic E-state index is 0.0923. The minimum Gasteiger partial charge on any atom is -0.348 e. The highest BCUT2D eigenvalue weighted by Gasteiger charge is 2.12. The molecule has 1 aromatic heterocycles. The first-order valence-corrected chi connectivity index (χ1v) is 8.01. The molecular formula is C14H18N4O2S. The Balaban J connectivity index is 2.24. The molecule has 2 rings (SSSR count). The molecule has 2 aromatic rings. The van der Waals surface area contributed by atoms with Crippen molar-refractivity contribution < 1.29 is 8.42 Å². The third-order valence-corrected chi connectivity index (χ3v) is 4.17. The Labute approximate surface area is 124 Å². The lowest BCUT2D eigenvalue weighted by atomic mass is 10.1. The Morgan fingerprint density at radius 3 is 2.62 bits per heavy atom. The summed E-state index contributed by atoms with van der Waals surface area (Å²) in [6.45, 7) is 5.76. The van der Waals surface area contributed by atoms with Gasteiger partial charge in [0.1, 0.15) is 0 Å². The lowest BCUT2D eigenvalue weighted by molar-refractivity contribution is 0.597. The number of hydrogen-bond acceptors (Lipinski definition) is 5. The van der Waals surface area contributed by atoms with Gasteiger partial charge in [-0.2, -0.15) is 0 Å². The van der Waals surface area contributed by atoms with Crippen molar-refractivity contribution in [2.75, 3.05) is 5.32 Å². The average molecular weight is 306 g/mol. The molecule has 1 heterocycles. The number of anilines is 1. The van der Waals surface area contributed by atoms with Gasteiger partial charge in [-0.15, -0.1) is 0 Å². The summed E-state index contributed by atoms with van der Waals surface area (Å²) in [4.78, 5) is 8.65. The van der Waals surface area contributed by atoms with Gasteiger partial charge < -0.3 is 5.32 Å². The van der Waals surface area contributed by atoms with Crippen molar-refractivity contribution in [2.24, 2.45) is 5.14 Å². The number of aromatic nitrogens is 2. The van der Waals surface area contributed by atoms with Gasteiger partial charge in [0.15, 0.2) is 0 Å². The van der Waals surface area contributed by atoms with Crippen molar-refractivity contribution in [3.63, 3.8) is 0 Å². The summed E-state index contributed by atoms with van der Waals surface area (Å²) in [7, 11) is -3.70. The number of hydrogen-bond donors (Lipinski definition) is 2. The number of benzene rings is 1. The Morgan fingerprint density at radius 1 is 1.29 bits per heavy atom. The van der Waals surface area contributed by atoms with Crippen LogP contribution in [0.15, 0.2) is 35.4 Å². The zero-order chi connectivity index (χ0) is 15.6. The first-order valence-electron chi connectivity index (χ1n) is 6.47. The van der Waals surface area contributed by atoms with E-state index in [4.69, 9.17) is 5.14 Å². The smallest absolute Gasteiger partial charge is 0.238 e. The molecule has 0 saturated carbocycles. The molecule has 0 radical (unpaired) electrons. The van der Waals surface area contributed by atoms with Crippen LogP contribution in [0.2, 0.25) is 0 Å². The van der Waals surface area contributed by atoms with Gasteiger partial charge in [0.25, 0.3) is 0 Å². The normalized spacial score (nSPS) is 13.0. The van der Waals surface area contributed by atoms with Crippen LogP contribution in [-0.4, -0.2) is 18.4 Å². The van der Waals surface area contributed by atoms with Crippen LogP contribution in [0.25, 0.3) is 0 Å². The molecule has 21 heavy (non-hydrogen) atoms. The molecule has 1 atom stereocenters. The maximum atomic E-state index is 11.4. The van der Waals surface area contributed by atoms with Crippen LogP contribution in [-0.2, 0) is 10.0 Å². The van der Waals surface area contributed by atoms with Crippen LogP contribution >= 0.6 is 0 Å². The van der Waals surface area contributed by atoms with Crippen molar-refractivity contribution in [3.8, 4) is 0 Å². The maximum absolute atomic E-state index is 11.4. The number of primary sulfonamides is 1. The van der Waals surface area contributed by atoms with Gasteiger partial charge in [0.2, 0.25) is 16.0 Å². The highest BCUT2D eigenvalue weighted by Crippen LogP contribution is 2.20. The molecule has 0 unspecified atom stereocenters. The van der Waals surface area contributed by atoms with E-state index in [0.717, 1.165) is 16.8 Å². The summed E-state index contributed by atoms with van der Waals surface area (Å²) >= 11 is 0. The van der Waals surface area contributed by atoms with Gasteiger partial charge >= 0.3 is 0 Å². The van der Waals surface area contributed by atoms with Crippen LogP contribution in [0.1, 0.15) is 29.8 Å². The Kier molecular flexibility index (Phi) is 4.24. The monoisotopic (exact) mass is 306 g/mol. The lowest BCUT2D eigenvalue weighted by Gasteiger charge is -2.15. The van der Waals surface area contributed by atoms with Gasteiger partial charge in [0.05, 0.1) is 10.9 Å². The predicted molar refractivity (Wildman–Crippen MR) is 81.4 cm³/mol. The first-order chi connectivity index (χ1) is 9.77. The maximum Gasteiger partial charge on any atom is 0.238 e. The fourth-order valence-corrected chi connectivity index (χ4v) is 2.40. The van der Waals surface area contributed by atoms with Crippen molar-refractivity contribution >= 4 is 16.0 Å². The third kappa shape index (κ3) is 3.77. The van der Waals surface area contributed by atoms with E-state index in [9.17, 15) is 8.42 Å². The van der Waals surface area contributed by atoms with Crippen LogP contribution in [0, 0.1) is 13.8 Å². The first kappa shape index (κ1) is 15.4. The molecule has 112 valence electrons. The fourth-order valence-electron chi connectivity index (χ4n) is 1.83. The highest BCUT2D eigenvalue weighted by molar-refractivity contribution is 7.89. The lowest BCUT2D eigenvalue weighted by Crippen LogP contribution is -2.14. The number of aryl methyl sites for hydroxylation is 2. The van der Waals surface area contributed by atoms with Gasteiger partial charge in [-0.25, -0.2) is 23.5 Å². The topological polar surface area (TPSA) is 98.0 Å². The molecular weight excluding hydrogens is 288 g/mol. The van der Waals surface area contributed by atoms with E-state index in [2.05, 4.69) is 15.3 Å². The zero-order valence-corrected chi connectivity index (χ0v) is 13.0. The Bertz CT molecular complexity index is 759. The van der Waals surface area contributed by atoms with E-state index >= 15 is 0 Å². The van der Waals surface area contributed by atoms with Crippen LogP contribution in [0.3, 0.4) is 0 Å². The second-order valence-electron chi connectivity index (χ2n) is 4.95. The van der Waals surface area contributed by atoms with E-state index < -0.39 is 10.0 Å². The molecule has 3 N–H and O–H groups in total. The van der Waals surface area contributed by atoms with Gasteiger partial charge in [-0.3, -0.25) is 0 Å². The average Bonchev–Trinajstić information content (AvgIpc) is 2.42. The summed E-state index contributed by atoms with van der Waals surface area (Å²) in [5, 5.41) is 8.29. The Morgan fingerprint density at radius 2 is 2.00 bits per heavy atom. The van der Waals surface area contributed by atoms with Crippen molar-refractivity contribution in [3.05, 3.63) is 47.3 Å². The van der Waals surface area contributed by atoms with Crippen molar-refractivity contribution in [1.29, 1.82) is 0 Å². The van der Waals surface area contributed by atoms with Gasteiger partial charge in [-0.1, -0.05) is 12.1 Å². The second-order valence-corrected chi connectivity index (χ2v) is 6.51. The molecule has 0 amide bonds. The molecule has 6 nitrogen and oxygen atoms in total. The fraction of sp³-hybridized carbons (Fsp3) is 0.286. The van der Waals surface area contributed by atoms with Crippen molar-refractivity contribution in [2.45, 2.75) is 31.7 Å². The Hall–Kier alpha value is -1.99. The van der Waals surface area contributed by atoms with Crippen LogP contribution in [0.5, 0.6) is 0 Å². The molecule has 7 heteroatoms. The number of nitrogens with one attached hydrogen (secondary N) is 1. The molecule has 0 aliphatic carbocycles. The SMILES string of the molecule is Cc1cnc(N[C@H](C)c2cccc(S(N)(=O)=O)c2)nc1C. The summed E-state index contributed by atoms with van der Waals surface area (Å²) in [6.07, 6.45) is 1.75. The van der Waals surface area contributed by atoms with Crippen molar-refractivity contribution in [1.82, 2.24) is 9.97 Å². The summed E-state index contributed by atoms with van der Waals surface area (Å²) < 4.78 is 22.8. The molecule has 0 saturated heterocycles. The standard InChI is InChI=1S/C14H18N4O2S/c1-9-8-16-14(17-10(9)2)18-11(3)12-5-4-6-13(7-12)21(15,19)20/h4-8,11H,1-3H3,(H2,15,19,20)(H,16,17,18)/t11-/m1/s1. The molecule has 0 bridgehead atoms. The summed E-state index contributed by atoms with van der Waals surface area (Å²) in [5.74, 6) is 0.506. The summed E-state index contributed by atoms with van der Waals surface area (Å²) in [6, 6.07) is 6.36. The minimum atomic E-state index is -3.70. The van der Waals surface area contributed by atoms with Crippen LogP contribution < -0.4 is 10.5 Å². The van der Waals surface area contributed by atoms with E-state index in [1.165, 1.54) is 6.07 Å². The highest BCUT2D eigenvalue weighted by atomic mass is 32.2. The van der Waals surface area contributed by atoms with E-state index in [1.807, 2.05) is 26.8 Å². The summed E-state index contributed by atoms with van der Waals surface area (Å²) in [5.41, 5.74) is 2.71. The van der Waals surface area contributed by atoms with E-state index in [0.29, 0.717) is 5.95 Å². The van der Waals surface area contributed by atoms with E-state index in [-0.39, 0.29) is 10.9 Å². The molecule has 0 aliphatic heterocycles. The van der Waals surface area contributed by atoms with Crippen LogP contribution in [0.4, 0.5) is 5.95 Å². The number of nitrogens with two attached hydrogens (primary N) is 1. The molecule has 0 fully saturated rings.